The molecule has 4 aromatic rings. The second-order valence-electron chi connectivity index (χ2n) is 6.22. The molecule has 0 aliphatic heterocycles. The Balaban J connectivity index is 1.71. The highest BCUT2D eigenvalue weighted by atomic mass is 35.5. The Morgan fingerprint density at radius 1 is 1.07 bits per heavy atom. The van der Waals surface area contributed by atoms with Gasteiger partial charge in [0.25, 0.3) is 0 Å². The van der Waals surface area contributed by atoms with Crippen LogP contribution in [0.2, 0.25) is 5.02 Å². The number of anilines is 2. The van der Waals surface area contributed by atoms with Gasteiger partial charge in [-0.15, -0.1) is 0 Å². The minimum absolute atomic E-state index is 0.0112. The largest absolute Gasteiger partial charge is 0.338 e. The fourth-order valence-electron chi connectivity index (χ4n) is 2.79. The standard InChI is InChI=1S/C19H14ClFN4O2S/c1-28(26,27)15-5-2-12(3-6-15)13-8-18-19(22-11-23-25(18)10-13)24-14-4-7-17(21)16(20)9-14/h2-11H,1H3,(H,22,23,24). The molecule has 0 aliphatic rings. The van der Waals surface area contributed by atoms with Crippen molar-refractivity contribution < 1.29 is 12.8 Å². The lowest BCUT2D eigenvalue weighted by Gasteiger charge is -2.07. The van der Waals surface area contributed by atoms with Crippen LogP contribution in [-0.2, 0) is 9.84 Å². The van der Waals surface area contributed by atoms with Gasteiger partial charge in [-0.05, 0) is 42.0 Å². The third-order valence-corrected chi connectivity index (χ3v) is 5.62. The molecule has 28 heavy (non-hydrogen) atoms. The molecule has 0 fully saturated rings. The second kappa shape index (κ2) is 6.88. The summed E-state index contributed by atoms with van der Waals surface area (Å²) in [7, 11) is -3.25. The Morgan fingerprint density at radius 3 is 2.50 bits per heavy atom. The van der Waals surface area contributed by atoms with Crippen molar-refractivity contribution in [3.63, 3.8) is 0 Å². The molecule has 0 radical (unpaired) electrons. The number of nitrogens with zero attached hydrogens (tertiary/aromatic N) is 3. The van der Waals surface area contributed by atoms with Crippen LogP contribution in [0.4, 0.5) is 15.9 Å². The van der Waals surface area contributed by atoms with Gasteiger partial charge in [0.05, 0.1) is 9.92 Å². The van der Waals surface area contributed by atoms with E-state index in [0.29, 0.717) is 17.0 Å². The summed E-state index contributed by atoms with van der Waals surface area (Å²) in [5, 5.41) is 7.32. The van der Waals surface area contributed by atoms with Crippen molar-refractivity contribution in [2.24, 2.45) is 0 Å². The van der Waals surface area contributed by atoms with E-state index in [1.54, 1.807) is 34.8 Å². The number of sulfone groups is 1. The van der Waals surface area contributed by atoms with Crippen LogP contribution in [0.1, 0.15) is 0 Å². The van der Waals surface area contributed by atoms with E-state index in [-0.39, 0.29) is 9.92 Å². The lowest BCUT2D eigenvalue weighted by molar-refractivity contribution is 0.602. The highest BCUT2D eigenvalue weighted by Crippen LogP contribution is 2.28. The Bertz CT molecular complexity index is 1290. The topological polar surface area (TPSA) is 76.4 Å². The molecule has 0 saturated heterocycles. The summed E-state index contributed by atoms with van der Waals surface area (Å²) in [6.45, 7) is 0. The number of halogens is 2. The zero-order valence-corrected chi connectivity index (χ0v) is 16.2. The van der Waals surface area contributed by atoms with Crippen molar-refractivity contribution >= 4 is 38.5 Å². The lowest BCUT2D eigenvalue weighted by Crippen LogP contribution is -1.99. The predicted molar refractivity (Wildman–Crippen MR) is 106 cm³/mol. The fraction of sp³-hybridized carbons (Fsp3) is 0.0526. The first-order valence-electron chi connectivity index (χ1n) is 8.17. The maximum absolute atomic E-state index is 13.4. The second-order valence-corrected chi connectivity index (χ2v) is 8.64. The van der Waals surface area contributed by atoms with Crippen LogP contribution in [0.5, 0.6) is 0 Å². The van der Waals surface area contributed by atoms with E-state index in [9.17, 15) is 12.8 Å². The summed E-state index contributed by atoms with van der Waals surface area (Å²) < 4.78 is 38.3. The zero-order chi connectivity index (χ0) is 19.9. The summed E-state index contributed by atoms with van der Waals surface area (Å²) in [6, 6.07) is 12.8. The average molecular weight is 417 g/mol. The van der Waals surface area contributed by atoms with E-state index in [1.807, 2.05) is 12.3 Å². The Morgan fingerprint density at radius 2 is 1.82 bits per heavy atom. The zero-order valence-electron chi connectivity index (χ0n) is 14.6. The molecule has 2 aromatic heterocycles. The van der Waals surface area contributed by atoms with Crippen molar-refractivity contribution in [1.82, 2.24) is 14.6 Å². The summed E-state index contributed by atoms with van der Waals surface area (Å²) in [4.78, 5) is 4.51. The molecule has 1 N–H and O–H groups in total. The van der Waals surface area contributed by atoms with E-state index in [2.05, 4.69) is 15.4 Å². The smallest absolute Gasteiger partial charge is 0.175 e. The summed E-state index contributed by atoms with van der Waals surface area (Å²) in [6.07, 6.45) is 4.39. The van der Waals surface area contributed by atoms with Crippen molar-refractivity contribution in [2.75, 3.05) is 11.6 Å². The molecule has 2 heterocycles. The number of hydrogen-bond donors (Lipinski definition) is 1. The van der Waals surface area contributed by atoms with Gasteiger partial charge in [0.15, 0.2) is 15.7 Å². The molecule has 4 rings (SSSR count). The molecule has 6 nitrogen and oxygen atoms in total. The Kier molecular flexibility index (Phi) is 4.52. The van der Waals surface area contributed by atoms with Crippen molar-refractivity contribution in [2.45, 2.75) is 4.90 Å². The number of aromatic nitrogens is 3. The van der Waals surface area contributed by atoms with Gasteiger partial charge in [-0.3, -0.25) is 0 Å². The molecule has 2 aromatic carbocycles. The number of fused-ring (bicyclic) bond motifs is 1. The first-order valence-corrected chi connectivity index (χ1v) is 10.4. The number of benzene rings is 2. The number of nitrogens with one attached hydrogen (secondary N) is 1. The maximum Gasteiger partial charge on any atom is 0.175 e. The van der Waals surface area contributed by atoms with E-state index in [1.165, 1.54) is 24.7 Å². The van der Waals surface area contributed by atoms with Crippen molar-refractivity contribution in [3.8, 4) is 11.1 Å². The molecular formula is C19H14ClFN4O2S. The van der Waals surface area contributed by atoms with Crippen LogP contribution in [0.3, 0.4) is 0 Å². The lowest BCUT2D eigenvalue weighted by atomic mass is 10.1. The van der Waals surface area contributed by atoms with Gasteiger partial charge in [-0.2, -0.15) is 5.10 Å². The van der Waals surface area contributed by atoms with Gasteiger partial charge in [0.1, 0.15) is 17.7 Å². The monoisotopic (exact) mass is 416 g/mol. The van der Waals surface area contributed by atoms with Gasteiger partial charge < -0.3 is 5.32 Å². The van der Waals surface area contributed by atoms with Crippen molar-refractivity contribution in [1.29, 1.82) is 0 Å². The minimum atomic E-state index is -3.25. The molecule has 0 amide bonds. The molecule has 0 saturated carbocycles. The van der Waals surface area contributed by atoms with E-state index < -0.39 is 15.7 Å². The van der Waals surface area contributed by atoms with Crippen molar-refractivity contribution in [3.05, 3.63) is 71.9 Å². The summed E-state index contributed by atoms with van der Waals surface area (Å²) >= 11 is 5.83. The highest BCUT2D eigenvalue weighted by Gasteiger charge is 2.11. The first kappa shape index (κ1) is 18.4. The van der Waals surface area contributed by atoms with E-state index in [4.69, 9.17) is 11.6 Å². The number of hydrogen-bond acceptors (Lipinski definition) is 5. The maximum atomic E-state index is 13.4. The van der Waals surface area contributed by atoms with Crippen LogP contribution in [-0.4, -0.2) is 29.3 Å². The highest BCUT2D eigenvalue weighted by molar-refractivity contribution is 7.90. The molecule has 142 valence electrons. The summed E-state index contributed by atoms with van der Waals surface area (Å²) in [5.74, 6) is 0.0271. The fourth-order valence-corrected chi connectivity index (χ4v) is 3.60. The first-order chi connectivity index (χ1) is 13.3. The Labute approximate surface area is 165 Å². The molecule has 0 spiro atoms. The van der Waals surface area contributed by atoms with Gasteiger partial charge in [-0.25, -0.2) is 22.3 Å². The van der Waals surface area contributed by atoms with Gasteiger partial charge in [0, 0.05) is 23.7 Å². The Hall–Kier alpha value is -2.97. The molecule has 0 unspecified atom stereocenters. The molecule has 0 atom stereocenters. The van der Waals surface area contributed by atoms with E-state index in [0.717, 1.165) is 11.1 Å². The molecule has 9 heteroatoms. The molecule has 0 aliphatic carbocycles. The minimum Gasteiger partial charge on any atom is -0.338 e. The average Bonchev–Trinajstić information content (AvgIpc) is 3.09. The van der Waals surface area contributed by atoms with Crippen LogP contribution >= 0.6 is 11.6 Å². The summed E-state index contributed by atoms with van der Waals surface area (Å²) in [5.41, 5.74) is 2.98. The van der Waals surface area contributed by atoms with Gasteiger partial charge in [0.2, 0.25) is 0 Å². The van der Waals surface area contributed by atoms with E-state index >= 15 is 0 Å². The third kappa shape index (κ3) is 3.56. The quantitative estimate of drug-likeness (QED) is 0.535. The molecular weight excluding hydrogens is 403 g/mol. The van der Waals surface area contributed by atoms with Gasteiger partial charge in [-0.1, -0.05) is 23.7 Å². The predicted octanol–water partition coefficient (Wildman–Crippen LogP) is 4.34. The van der Waals surface area contributed by atoms with Gasteiger partial charge >= 0.3 is 0 Å². The van der Waals surface area contributed by atoms with Crippen LogP contribution in [0.25, 0.3) is 16.6 Å². The normalized spacial score (nSPS) is 11.7. The number of rotatable bonds is 4. The van der Waals surface area contributed by atoms with Crippen LogP contribution in [0.15, 0.2) is 66.0 Å². The third-order valence-electron chi connectivity index (χ3n) is 4.20. The van der Waals surface area contributed by atoms with Crippen LogP contribution < -0.4 is 5.32 Å². The van der Waals surface area contributed by atoms with Crippen LogP contribution in [0, 0.1) is 5.82 Å². The molecule has 0 bridgehead atoms. The SMILES string of the molecule is CS(=O)(=O)c1ccc(-c2cc3c(Nc4ccc(F)c(Cl)c4)ncnn3c2)cc1.